The van der Waals surface area contributed by atoms with Crippen LogP contribution in [-0.2, 0) is 6.54 Å². The van der Waals surface area contributed by atoms with Gasteiger partial charge in [-0.1, -0.05) is 0 Å². The average molecular weight is 307 g/mol. The van der Waals surface area contributed by atoms with E-state index in [0.717, 1.165) is 13.3 Å². The van der Waals surface area contributed by atoms with Crippen molar-refractivity contribution in [3.63, 3.8) is 0 Å². The number of ether oxygens (including phenoxy) is 1. The third-order valence-corrected chi connectivity index (χ3v) is 2.94. The number of hydrogen-bond donors (Lipinski definition) is 0. The number of methoxy groups -OCH3 is 1. The van der Waals surface area contributed by atoms with E-state index < -0.39 is 41.1 Å². The second-order valence-electron chi connectivity index (χ2n) is 4.49. The molecule has 2 rings (SSSR count). The van der Waals surface area contributed by atoms with Gasteiger partial charge < -0.3 is 9.30 Å². The van der Waals surface area contributed by atoms with E-state index in [1.807, 2.05) is 0 Å². The highest BCUT2D eigenvalue weighted by Gasteiger charge is 2.30. The number of nitrogens with zero attached hydrogens (tertiary/aromatic N) is 1. The summed E-state index contributed by atoms with van der Waals surface area (Å²) in [5.41, 5.74) is -1.12. The quantitative estimate of drug-likeness (QED) is 0.798. The molecule has 0 N–H and O–H groups in total. The Kier molecular flexibility index (Phi) is 3.65. The van der Waals surface area contributed by atoms with Gasteiger partial charge in [-0.15, -0.1) is 0 Å². The van der Waals surface area contributed by atoms with Gasteiger partial charge in [-0.3, -0.25) is 4.79 Å². The molecule has 8 heteroatoms. The number of fused-ring (bicyclic) bond motifs is 1. The molecule has 0 amide bonds. The predicted molar refractivity (Wildman–Crippen MR) is 65.5 cm³/mol. The maximum Gasteiger partial charge on any atom is 0.406 e. The molecule has 0 saturated carbocycles. The van der Waals surface area contributed by atoms with Gasteiger partial charge in [0.15, 0.2) is 17.0 Å². The molecule has 1 aromatic carbocycles. The zero-order chi connectivity index (χ0) is 15.9. The third-order valence-electron chi connectivity index (χ3n) is 2.94. The molecule has 0 aliphatic carbocycles. The minimum Gasteiger partial charge on any atom is -0.491 e. The van der Waals surface area contributed by atoms with Gasteiger partial charge in [-0.2, -0.15) is 17.6 Å². The zero-order valence-corrected chi connectivity index (χ0v) is 11.0. The fourth-order valence-corrected chi connectivity index (χ4v) is 2.12. The van der Waals surface area contributed by atoms with Crippen molar-refractivity contribution in [1.82, 2.24) is 4.57 Å². The number of rotatable bonds is 2. The summed E-state index contributed by atoms with van der Waals surface area (Å²) in [5.74, 6) is -3.53. The molecule has 0 aliphatic rings. The predicted octanol–water partition coefficient (Wildman–Crippen LogP) is 3.16. The second kappa shape index (κ2) is 5.01. The van der Waals surface area contributed by atoms with E-state index in [1.54, 1.807) is 0 Å². The van der Waals surface area contributed by atoms with Gasteiger partial charge in [0.25, 0.3) is 0 Å². The summed E-state index contributed by atoms with van der Waals surface area (Å²) in [6, 6.07) is 0.579. The van der Waals surface area contributed by atoms with Crippen molar-refractivity contribution < 1.29 is 26.7 Å². The molecule has 3 nitrogen and oxygen atoms in total. The van der Waals surface area contributed by atoms with Crippen LogP contribution in [0.4, 0.5) is 22.0 Å². The first kappa shape index (κ1) is 15.3. The SMILES string of the molecule is COc1c(F)c(F)cc2c(=O)c(C)cn(CC(F)(F)F)c12. The molecule has 21 heavy (non-hydrogen) atoms. The molecule has 0 saturated heterocycles. The molecular weight excluding hydrogens is 297 g/mol. The van der Waals surface area contributed by atoms with Crippen LogP contribution in [0.15, 0.2) is 17.1 Å². The van der Waals surface area contributed by atoms with Gasteiger partial charge in [-0.05, 0) is 13.0 Å². The van der Waals surface area contributed by atoms with Gasteiger partial charge in [0.05, 0.1) is 18.0 Å². The second-order valence-corrected chi connectivity index (χ2v) is 4.49. The first-order chi connectivity index (χ1) is 9.65. The molecule has 114 valence electrons. The number of aryl methyl sites for hydroxylation is 1. The van der Waals surface area contributed by atoms with Crippen LogP contribution in [0, 0.1) is 18.6 Å². The highest BCUT2D eigenvalue weighted by molar-refractivity contribution is 5.86. The summed E-state index contributed by atoms with van der Waals surface area (Å²) in [6.45, 7) is -0.158. The lowest BCUT2D eigenvalue weighted by Crippen LogP contribution is -2.22. The molecule has 1 aromatic heterocycles. The molecule has 0 fully saturated rings. The van der Waals surface area contributed by atoms with E-state index in [2.05, 4.69) is 4.74 Å². The third kappa shape index (κ3) is 2.70. The maximum absolute atomic E-state index is 13.7. The van der Waals surface area contributed by atoms with Crippen molar-refractivity contribution in [2.75, 3.05) is 7.11 Å². The lowest BCUT2D eigenvalue weighted by Gasteiger charge is -2.17. The molecule has 0 aliphatic heterocycles. The number of pyridine rings is 1. The van der Waals surface area contributed by atoms with E-state index in [-0.39, 0.29) is 10.9 Å². The average Bonchev–Trinajstić information content (AvgIpc) is 2.36. The van der Waals surface area contributed by atoms with Crippen molar-refractivity contribution in [3.8, 4) is 5.75 Å². The van der Waals surface area contributed by atoms with Crippen molar-refractivity contribution in [1.29, 1.82) is 0 Å². The number of halogens is 5. The number of hydrogen-bond acceptors (Lipinski definition) is 2. The summed E-state index contributed by atoms with van der Waals surface area (Å²) in [5, 5.41) is -0.366. The minimum absolute atomic E-state index is 0.0141. The largest absolute Gasteiger partial charge is 0.491 e. The monoisotopic (exact) mass is 307 g/mol. The molecule has 0 radical (unpaired) electrons. The van der Waals surface area contributed by atoms with E-state index in [0.29, 0.717) is 10.6 Å². The summed E-state index contributed by atoms with van der Waals surface area (Å²) >= 11 is 0. The van der Waals surface area contributed by atoms with Crippen LogP contribution in [0.3, 0.4) is 0 Å². The summed E-state index contributed by atoms with van der Waals surface area (Å²) in [6.07, 6.45) is -3.65. The van der Waals surface area contributed by atoms with Gasteiger partial charge in [-0.25, -0.2) is 4.39 Å². The molecule has 0 bridgehead atoms. The lowest BCUT2D eigenvalue weighted by atomic mass is 10.1. The van der Waals surface area contributed by atoms with Crippen molar-refractivity contribution in [2.45, 2.75) is 19.6 Å². The highest BCUT2D eigenvalue weighted by Crippen LogP contribution is 2.31. The first-order valence-electron chi connectivity index (χ1n) is 5.78. The summed E-state index contributed by atoms with van der Waals surface area (Å²) in [4.78, 5) is 11.9. The zero-order valence-electron chi connectivity index (χ0n) is 11.0. The van der Waals surface area contributed by atoms with Crippen LogP contribution in [0.1, 0.15) is 5.56 Å². The number of alkyl halides is 3. The van der Waals surface area contributed by atoms with Crippen LogP contribution < -0.4 is 10.2 Å². The Morgan fingerprint density at radius 1 is 1.29 bits per heavy atom. The standard InChI is InChI=1S/C13H10F5NO2/c1-6-4-19(5-13(16,17)18)10-7(11(6)20)3-8(14)9(15)12(10)21-2/h3-4H,5H2,1-2H3. The molecule has 1 heterocycles. The molecular formula is C13H10F5NO2. The maximum atomic E-state index is 13.7. The molecule has 2 aromatic rings. The summed E-state index contributed by atoms with van der Waals surface area (Å²) in [7, 11) is 0.986. The van der Waals surface area contributed by atoms with Crippen LogP contribution >= 0.6 is 0 Å². The van der Waals surface area contributed by atoms with Gasteiger partial charge in [0.2, 0.25) is 5.82 Å². The Morgan fingerprint density at radius 3 is 2.43 bits per heavy atom. The van der Waals surface area contributed by atoms with E-state index in [4.69, 9.17) is 0 Å². The minimum atomic E-state index is -4.59. The highest BCUT2D eigenvalue weighted by atomic mass is 19.4. The lowest BCUT2D eigenvalue weighted by molar-refractivity contribution is -0.140. The van der Waals surface area contributed by atoms with E-state index in [1.165, 1.54) is 6.92 Å². The summed E-state index contributed by atoms with van der Waals surface area (Å²) < 4.78 is 70.2. The first-order valence-corrected chi connectivity index (χ1v) is 5.78. The Bertz CT molecular complexity index is 764. The topological polar surface area (TPSA) is 31.2 Å². The van der Waals surface area contributed by atoms with Gasteiger partial charge in [0.1, 0.15) is 6.54 Å². The number of benzene rings is 1. The number of aromatic nitrogens is 1. The van der Waals surface area contributed by atoms with Crippen LogP contribution in [-0.4, -0.2) is 17.9 Å². The Labute approximate surface area is 115 Å². The van der Waals surface area contributed by atoms with Gasteiger partial charge in [0, 0.05) is 11.8 Å². The van der Waals surface area contributed by atoms with E-state index >= 15 is 0 Å². The molecule has 0 unspecified atom stereocenters. The smallest absolute Gasteiger partial charge is 0.406 e. The van der Waals surface area contributed by atoms with Crippen molar-refractivity contribution >= 4 is 10.9 Å². The van der Waals surface area contributed by atoms with Crippen molar-refractivity contribution in [3.05, 3.63) is 39.7 Å². The fourth-order valence-electron chi connectivity index (χ4n) is 2.12. The van der Waals surface area contributed by atoms with Crippen LogP contribution in [0.5, 0.6) is 5.75 Å². The Hall–Kier alpha value is -2.12. The van der Waals surface area contributed by atoms with Crippen LogP contribution in [0.2, 0.25) is 0 Å². The fraction of sp³-hybridized carbons (Fsp3) is 0.308. The van der Waals surface area contributed by atoms with E-state index in [9.17, 15) is 26.7 Å². The Balaban J connectivity index is 2.95. The normalized spacial score (nSPS) is 12.0. The van der Waals surface area contributed by atoms with Crippen LogP contribution in [0.25, 0.3) is 10.9 Å². The van der Waals surface area contributed by atoms with Gasteiger partial charge >= 0.3 is 6.18 Å². The van der Waals surface area contributed by atoms with Crippen molar-refractivity contribution in [2.24, 2.45) is 0 Å². The molecule has 0 atom stereocenters. The molecule has 0 spiro atoms. The Morgan fingerprint density at radius 2 is 1.90 bits per heavy atom.